The van der Waals surface area contributed by atoms with E-state index in [0.717, 1.165) is 31.7 Å². The Morgan fingerprint density at radius 1 is 1.27 bits per heavy atom. The Labute approximate surface area is 144 Å². The number of carbonyl (C=O) groups is 1. The van der Waals surface area contributed by atoms with Gasteiger partial charge in [0.2, 0.25) is 5.91 Å². The fourth-order valence-electron chi connectivity index (χ4n) is 3.07. The molecular weight excluding hydrogens is 316 g/mol. The number of hydrogen-bond donors (Lipinski definition) is 1. The van der Waals surface area contributed by atoms with Gasteiger partial charge in [0.1, 0.15) is 0 Å². The van der Waals surface area contributed by atoms with Crippen molar-refractivity contribution in [3.63, 3.8) is 0 Å². The molecule has 1 aromatic rings. The van der Waals surface area contributed by atoms with E-state index in [9.17, 15) is 4.79 Å². The van der Waals surface area contributed by atoms with E-state index in [1.807, 2.05) is 22.7 Å². The molecule has 0 radical (unpaired) electrons. The lowest BCUT2D eigenvalue weighted by atomic mass is 9.89. The Balaban J connectivity index is 0.00000242. The number of amides is 1. The second-order valence-corrected chi connectivity index (χ2v) is 6.75. The molecule has 2 rings (SSSR count). The number of benzene rings is 1. The molecule has 1 fully saturated rings. The van der Waals surface area contributed by atoms with Crippen LogP contribution in [0.25, 0.3) is 0 Å². The molecule has 124 valence electrons. The van der Waals surface area contributed by atoms with Crippen LogP contribution >= 0.6 is 24.2 Å². The van der Waals surface area contributed by atoms with Gasteiger partial charge in [-0.3, -0.25) is 4.79 Å². The van der Waals surface area contributed by atoms with Gasteiger partial charge in [-0.1, -0.05) is 30.3 Å². The molecule has 1 aliphatic rings. The highest BCUT2D eigenvalue weighted by Gasteiger charge is 2.34. The lowest BCUT2D eigenvalue weighted by Gasteiger charge is -2.16. The molecule has 1 aliphatic heterocycles. The fraction of sp³-hybridized carbons (Fsp3) is 0.588. The summed E-state index contributed by atoms with van der Waals surface area (Å²) in [5.41, 5.74) is 7.23. The van der Waals surface area contributed by atoms with Crippen LogP contribution in [0.3, 0.4) is 0 Å². The van der Waals surface area contributed by atoms with Crippen molar-refractivity contribution in [3.8, 4) is 0 Å². The summed E-state index contributed by atoms with van der Waals surface area (Å²) in [6.45, 7) is 2.29. The van der Waals surface area contributed by atoms with E-state index < -0.39 is 0 Å². The topological polar surface area (TPSA) is 46.3 Å². The van der Waals surface area contributed by atoms with Crippen molar-refractivity contribution >= 4 is 30.1 Å². The average molecular weight is 343 g/mol. The van der Waals surface area contributed by atoms with Gasteiger partial charge in [-0.05, 0) is 42.9 Å². The normalized spacial score (nSPS) is 20.7. The SMILES string of the molecule is CSCCCCC(=O)N1C[C@@H](CN)[C@H](c2ccccc2)C1.Cl. The third-order valence-electron chi connectivity index (χ3n) is 4.31. The van der Waals surface area contributed by atoms with Crippen LogP contribution in [-0.4, -0.2) is 42.4 Å². The van der Waals surface area contributed by atoms with Crippen LogP contribution in [-0.2, 0) is 4.79 Å². The van der Waals surface area contributed by atoms with Crippen molar-refractivity contribution < 1.29 is 4.79 Å². The standard InChI is InChI=1S/C17H26N2OS.ClH/c1-21-10-6-5-9-17(20)19-12-15(11-18)16(13-19)14-7-3-2-4-8-14;/h2-4,7-8,15-16H,5-6,9-13,18H2,1H3;1H/t15-,16+;/m1./s1. The highest BCUT2D eigenvalue weighted by molar-refractivity contribution is 7.98. The molecule has 2 atom stereocenters. The summed E-state index contributed by atoms with van der Waals surface area (Å²) < 4.78 is 0. The minimum Gasteiger partial charge on any atom is -0.342 e. The summed E-state index contributed by atoms with van der Waals surface area (Å²) in [7, 11) is 0. The molecule has 1 heterocycles. The first-order valence-corrected chi connectivity index (χ1v) is 9.17. The molecule has 0 spiro atoms. The highest BCUT2D eigenvalue weighted by atomic mass is 35.5. The molecule has 2 N–H and O–H groups in total. The van der Waals surface area contributed by atoms with Gasteiger partial charge >= 0.3 is 0 Å². The zero-order valence-electron chi connectivity index (χ0n) is 13.2. The average Bonchev–Trinajstić information content (AvgIpc) is 2.96. The maximum absolute atomic E-state index is 12.3. The minimum atomic E-state index is 0. The second-order valence-electron chi connectivity index (χ2n) is 5.76. The first-order chi connectivity index (χ1) is 10.3. The van der Waals surface area contributed by atoms with Crippen LogP contribution in [0.15, 0.2) is 30.3 Å². The largest absolute Gasteiger partial charge is 0.342 e. The number of carbonyl (C=O) groups excluding carboxylic acids is 1. The Hall–Kier alpha value is -0.710. The van der Waals surface area contributed by atoms with Gasteiger partial charge in [-0.15, -0.1) is 12.4 Å². The Morgan fingerprint density at radius 2 is 2.00 bits per heavy atom. The van der Waals surface area contributed by atoms with Crippen LogP contribution in [0.2, 0.25) is 0 Å². The van der Waals surface area contributed by atoms with Crippen LogP contribution in [0.5, 0.6) is 0 Å². The smallest absolute Gasteiger partial charge is 0.222 e. The molecule has 1 aromatic carbocycles. The van der Waals surface area contributed by atoms with Crippen molar-refractivity contribution in [2.45, 2.75) is 25.2 Å². The predicted octanol–water partition coefficient (Wildman–Crippen LogP) is 3.14. The van der Waals surface area contributed by atoms with Crippen LogP contribution in [0, 0.1) is 5.92 Å². The zero-order chi connectivity index (χ0) is 15.1. The van der Waals surface area contributed by atoms with Gasteiger partial charge in [0.25, 0.3) is 0 Å². The monoisotopic (exact) mass is 342 g/mol. The number of halogens is 1. The van der Waals surface area contributed by atoms with Crippen molar-refractivity contribution in [1.29, 1.82) is 0 Å². The van der Waals surface area contributed by atoms with Crippen LogP contribution in [0.1, 0.15) is 30.7 Å². The summed E-state index contributed by atoms with van der Waals surface area (Å²) in [5, 5.41) is 0. The van der Waals surface area contributed by atoms with Gasteiger partial charge in [0.05, 0.1) is 0 Å². The molecule has 0 aliphatic carbocycles. The molecule has 5 heteroatoms. The molecule has 0 bridgehead atoms. The van der Waals surface area contributed by atoms with Crippen molar-refractivity contribution in [3.05, 3.63) is 35.9 Å². The predicted molar refractivity (Wildman–Crippen MR) is 97.8 cm³/mol. The quantitative estimate of drug-likeness (QED) is 0.774. The molecule has 0 saturated carbocycles. The third-order valence-corrected chi connectivity index (χ3v) is 5.01. The number of nitrogens with two attached hydrogens (primary N) is 1. The Bertz CT molecular complexity index is 444. The number of thioether (sulfide) groups is 1. The Morgan fingerprint density at radius 3 is 2.64 bits per heavy atom. The molecule has 22 heavy (non-hydrogen) atoms. The van der Waals surface area contributed by atoms with E-state index in [0.29, 0.717) is 30.7 Å². The molecular formula is C17H27ClN2OS. The first-order valence-electron chi connectivity index (χ1n) is 7.78. The number of likely N-dealkylation sites (tertiary alicyclic amines) is 1. The summed E-state index contributed by atoms with van der Waals surface area (Å²) in [6, 6.07) is 10.5. The van der Waals surface area contributed by atoms with Gasteiger partial charge in [-0.25, -0.2) is 0 Å². The Kier molecular flexibility index (Phi) is 8.91. The maximum Gasteiger partial charge on any atom is 0.222 e. The number of nitrogens with zero attached hydrogens (tertiary/aromatic N) is 1. The molecule has 0 unspecified atom stereocenters. The van der Waals surface area contributed by atoms with Crippen molar-refractivity contribution in [1.82, 2.24) is 4.90 Å². The first kappa shape index (κ1) is 19.3. The molecule has 1 amide bonds. The van der Waals surface area contributed by atoms with Gasteiger partial charge in [-0.2, -0.15) is 11.8 Å². The van der Waals surface area contributed by atoms with E-state index in [4.69, 9.17) is 5.73 Å². The number of rotatable bonds is 7. The van der Waals surface area contributed by atoms with Gasteiger partial charge < -0.3 is 10.6 Å². The van der Waals surface area contributed by atoms with E-state index in [2.05, 4.69) is 30.5 Å². The number of hydrogen-bond acceptors (Lipinski definition) is 3. The highest BCUT2D eigenvalue weighted by Crippen LogP contribution is 2.32. The third kappa shape index (κ3) is 5.18. The summed E-state index contributed by atoms with van der Waals surface area (Å²) in [5.74, 6) is 2.23. The lowest BCUT2D eigenvalue weighted by molar-refractivity contribution is -0.130. The minimum absolute atomic E-state index is 0. The summed E-state index contributed by atoms with van der Waals surface area (Å²) in [6.07, 6.45) is 4.92. The second kappa shape index (κ2) is 10.1. The lowest BCUT2D eigenvalue weighted by Crippen LogP contribution is -2.29. The van der Waals surface area contributed by atoms with Gasteiger partial charge in [0, 0.05) is 25.4 Å². The van der Waals surface area contributed by atoms with E-state index in [1.165, 1.54) is 5.56 Å². The molecule has 3 nitrogen and oxygen atoms in total. The fourth-order valence-corrected chi connectivity index (χ4v) is 3.57. The maximum atomic E-state index is 12.3. The summed E-state index contributed by atoms with van der Waals surface area (Å²) >= 11 is 1.85. The zero-order valence-corrected chi connectivity index (χ0v) is 14.9. The molecule has 1 saturated heterocycles. The molecule has 0 aromatic heterocycles. The summed E-state index contributed by atoms with van der Waals surface area (Å²) in [4.78, 5) is 14.3. The number of unbranched alkanes of at least 4 members (excludes halogenated alkanes) is 1. The van der Waals surface area contributed by atoms with Crippen LogP contribution < -0.4 is 5.73 Å². The van der Waals surface area contributed by atoms with E-state index in [-0.39, 0.29) is 12.4 Å². The van der Waals surface area contributed by atoms with E-state index >= 15 is 0 Å². The van der Waals surface area contributed by atoms with E-state index in [1.54, 1.807) is 0 Å². The van der Waals surface area contributed by atoms with Gasteiger partial charge in [0.15, 0.2) is 0 Å². The van der Waals surface area contributed by atoms with Crippen molar-refractivity contribution in [2.24, 2.45) is 11.7 Å². The van der Waals surface area contributed by atoms with Crippen LogP contribution in [0.4, 0.5) is 0 Å². The van der Waals surface area contributed by atoms with Crippen molar-refractivity contribution in [2.75, 3.05) is 31.6 Å².